The Bertz CT molecular complexity index is 189. The quantitative estimate of drug-likeness (QED) is 0.597. The molecule has 0 unspecified atom stereocenters. The first-order valence-corrected chi connectivity index (χ1v) is 10.6. The van der Waals surface area contributed by atoms with Crippen LogP contribution in [0.1, 0.15) is 13.8 Å². The van der Waals surface area contributed by atoms with E-state index in [2.05, 4.69) is 19.7 Å². The summed E-state index contributed by atoms with van der Waals surface area (Å²) in [5.41, 5.74) is 0. The molecule has 0 saturated carbocycles. The molecule has 0 saturated heterocycles. The normalized spacial score (nSPS) is 8.83. The molecule has 0 aliphatic carbocycles. The van der Waals surface area contributed by atoms with Gasteiger partial charge in [-0.1, -0.05) is 0 Å². The summed E-state index contributed by atoms with van der Waals surface area (Å²) in [6.07, 6.45) is 0.235. The molecule has 0 aliphatic rings. The van der Waals surface area contributed by atoms with Crippen molar-refractivity contribution in [3.05, 3.63) is 30.3 Å². The van der Waals surface area contributed by atoms with Gasteiger partial charge in [-0.05, 0) is 13.8 Å². The first-order chi connectivity index (χ1) is 5.79. The van der Waals surface area contributed by atoms with Crippen molar-refractivity contribution in [3.63, 3.8) is 0 Å². The number of hydrogen-bond donors (Lipinski definition) is 0. The van der Waals surface area contributed by atoms with E-state index in [9.17, 15) is 0 Å². The predicted molar refractivity (Wildman–Crippen MR) is 50.0 cm³/mol. The molecule has 1 aromatic carbocycles. The van der Waals surface area contributed by atoms with Crippen LogP contribution >= 0.6 is 13.6 Å². The third-order valence-corrected chi connectivity index (χ3v) is 1.04. The summed E-state index contributed by atoms with van der Waals surface area (Å²) < 4.78 is 5.36. The van der Waals surface area contributed by atoms with Gasteiger partial charge in [0.15, 0.2) is 0 Å². The molecule has 0 aliphatic heterocycles. The van der Waals surface area contributed by atoms with Gasteiger partial charge in [-0.3, -0.25) is 0 Å². The molecule has 0 radical (unpaired) electrons. The standard InChI is InChI=1S/C9H11O.BrH.Zn/c1-8(2)10-9-6-4-3-5-7-9;;/h3-6,8H,1-2H3;1H;/q-1;;+2/p-1. The van der Waals surface area contributed by atoms with Crippen LogP contribution in [-0.4, -0.2) is 6.10 Å². The molecular weight excluding hydrogens is 269 g/mol. The number of rotatable bonds is 2. The van der Waals surface area contributed by atoms with Gasteiger partial charge >= 0.3 is 30.0 Å². The fraction of sp³-hybridized carbons (Fsp3) is 0.333. The average Bonchev–Trinajstić information content (AvgIpc) is 2.08. The number of ether oxygens (including phenoxy) is 1. The topological polar surface area (TPSA) is 9.23 Å². The minimum atomic E-state index is 0.235. The zero-order chi connectivity index (χ0) is 9.40. The van der Waals surface area contributed by atoms with Crippen LogP contribution in [0.15, 0.2) is 24.3 Å². The van der Waals surface area contributed by atoms with Crippen molar-refractivity contribution in [2.45, 2.75) is 20.0 Å². The number of para-hydroxylation sites is 1. The number of halogens is 1. The van der Waals surface area contributed by atoms with Gasteiger partial charge in [0.1, 0.15) is 0 Å². The minimum absolute atomic E-state index is 0.235. The predicted octanol–water partition coefficient (Wildman–Crippen LogP) is 3.12. The zero-order valence-corrected chi connectivity index (χ0v) is 11.9. The van der Waals surface area contributed by atoms with Gasteiger partial charge < -0.3 is 4.74 Å². The van der Waals surface area contributed by atoms with Crippen molar-refractivity contribution in [2.75, 3.05) is 0 Å². The van der Waals surface area contributed by atoms with E-state index in [0.717, 1.165) is 5.75 Å². The molecule has 0 N–H and O–H groups in total. The van der Waals surface area contributed by atoms with Crippen LogP contribution < -0.4 is 4.74 Å². The molecule has 3 heteroatoms. The van der Waals surface area contributed by atoms with Crippen molar-refractivity contribution in [1.82, 2.24) is 0 Å². The molecular formula is C9H11BrOZn. The van der Waals surface area contributed by atoms with Crippen LogP contribution in [0.3, 0.4) is 0 Å². The molecule has 1 nitrogen and oxygen atoms in total. The molecule has 0 amide bonds. The van der Waals surface area contributed by atoms with Gasteiger partial charge in [-0.2, -0.15) is 18.2 Å². The maximum atomic E-state index is 5.36. The third-order valence-electron chi connectivity index (χ3n) is 1.04. The average molecular weight is 280 g/mol. The Hall–Kier alpha value is 0.123. The Labute approximate surface area is 90.5 Å². The van der Waals surface area contributed by atoms with Crippen LogP contribution in [0, 0.1) is 6.07 Å². The molecule has 0 aromatic heterocycles. The van der Waals surface area contributed by atoms with E-state index in [1.807, 2.05) is 38.1 Å². The third kappa shape index (κ3) is 5.73. The number of hydrogen-bond acceptors (Lipinski definition) is 1. The molecule has 0 bridgehead atoms. The van der Waals surface area contributed by atoms with Crippen molar-refractivity contribution >= 4 is 13.6 Å². The summed E-state index contributed by atoms with van der Waals surface area (Å²) in [7, 11) is 0. The summed E-state index contributed by atoms with van der Waals surface area (Å²) in [5, 5.41) is 0. The molecule has 0 atom stereocenters. The summed E-state index contributed by atoms with van der Waals surface area (Å²) >= 11 is 4.25. The van der Waals surface area contributed by atoms with E-state index in [-0.39, 0.29) is 6.10 Å². The van der Waals surface area contributed by atoms with Crippen LogP contribution in [0.25, 0.3) is 0 Å². The molecule has 0 fully saturated rings. The van der Waals surface area contributed by atoms with Crippen molar-refractivity contribution in [3.8, 4) is 5.75 Å². The Morgan fingerprint density at radius 1 is 1.42 bits per heavy atom. The summed E-state index contributed by atoms with van der Waals surface area (Å²) in [5.74, 6) is 0.817. The van der Waals surface area contributed by atoms with E-state index < -0.39 is 0 Å². The Kier molecular flexibility index (Phi) is 7.84. The zero-order valence-electron chi connectivity index (χ0n) is 7.38. The van der Waals surface area contributed by atoms with E-state index in [1.165, 1.54) is 16.3 Å². The second-order valence-corrected chi connectivity index (χ2v) is 2.39. The van der Waals surface area contributed by atoms with E-state index in [1.54, 1.807) is 0 Å². The van der Waals surface area contributed by atoms with E-state index >= 15 is 0 Å². The van der Waals surface area contributed by atoms with Crippen molar-refractivity contribution < 1.29 is 21.1 Å². The van der Waals surface area contributed by atoms with Crippen molar-refractivity contribution in [2.24, 2.45) is 0 Å². The van der Waals surface area contributed by atoms with Gasteiger partial charge in [0.2, 0.25) is 0 Å². The van der Waals surface area contributed by atoms with Crippen LogP contribution in [0.4, 0.5) is 0 Å². The van der Waals surface area contributed by atoms with Crippen LogP contribution in [0.2, 0.25) is 0 Å². The first-order valence-electron chi connectivity index (χ1n) is 3.69. The van der Waals surface area contributed by atoms with Crippen LogP contribution in [0.5, 0.6) is 5.75 Å². The van der Waals surface area contributed by atoms with Gasteiger partial charge in [-0.25, -0.2) is 0 Å². The van der Waals surface area contributed by atoms with Gasteiger partial charge in [0.25, 0.3) is 0 Å². The first kappa shape index (κ1) is 12.1. The Morgan fingerprint density at radius 3 is 2.50 bits per heavy atom. The molecule has 0 heterocycles. The number of benzene rings is 1. The summed E-state index contributed by atoms with van der Waals surface area (Å²) in [6.45, 7) is 4.00. The van der Waals surface area contributed by atoms with E-state index in [4.69, 9.17) is 4.74 Å². The fourth-order valence-corrected chi connectivity index (χ4v) is 0.704. The molecule has 62 valence electrons. The van der Waals surface area contributed by atoms with Gasteiger partial charge in [0, 0.05) is 5.75 Å². The van der Waals surface area contributed by atoms with Crippen LogP contribution in [-0.2, 0) is 16.3 Å². The Balaban J connectivity index is 0.000000561. The SMILES string of the molecule is CC(C)Oc1[c-]cccc1.[Zn+][Br]. The summed E-state index contributed by atoms with van der Waals surface area (Å²) in [4.78, 5) is 0. The van der Waals surface area contributed by atoms with E-state index in [0.29, 0.717) is 0 Å². The summed E-state index contributed by atoms with van der Waals surface area (Å²) in [6, 6.07) is 10.6. The molecule has 0 spiro atoms. The van der Waals surface area contributed by atoms with Crippen molar-refractivity contribution in [1.29, 1.82) is 0 Å². The molecule has 12 heavy (non-hydrogen) atoms. The second-order valence-electron chi connectivity index (χ2n) is 2.39. The molecule has 1 rings (SSSR count). The second kappa shape index (κ2) is 7.76. The molecule has 1 aromatic rings. The Morgan fingerprint density at radius 2 is 2.08 bits per heavy atom. The van der Waals surface area contributed by atoms with Gasteiger partial charge in [0.05, 0.1) is 6.10 Å². The maximum absolute atomic E-state index is 5.36. The monoisotopic (exact) mass is 278 g/mol. The van der Waals surface area contributed by atoms with Gasteiger partial charge in [-0.15, -0.1) is 12.1 Å². The fourth-order valence-electron chi connectivity index (χ4n) is 0.704.